The van der Waals surface area contributed by atoms with Gasteiger partial charge < -0.3 is 25.2 Å². The minimum absolute atomic E-state index is 0.141. The molecule has 0 fully saturated rings. The third kappa shape index (κ3) is 36.4. The van der Waals surface area contributed by atoms with Gasteiger partial charge in [0, 0.05) is 12.8 Å². The van der Waals surface area contributed by atoms with E-state index in [9.17, 15) is 23.8 Å². The highest BCUT2D eigenvalue weighted by molar-refractivity contribution is 7.47. The van der Waals surface area contributed by atoms with E-state index in [2.05, 4.69) is 67.0 Å². The summed E-state index contributed by atoms with van der Waals surface area (Å²) in [7, 11) is -4.72. The van der Waals surface area contributed by atoms with Crippen LogP contribution >= 0.6 is 7.82 Å². The molecule has 0 heterocycles. The van der Waals surface area contributed by atoms with E-state index >= 15 is 0 Å². The lowest BCUT2D eigenvalue weighted by Gasteiger charge is -2.20. The van der Waals surface area contributed by atoms with Gasteiger partial charge in [0.15, 0.2) is 6.10 Å². The van der Waals surface area contributed by atoms with Crippen LogP contribution in [0.25, 0.3) is 0 Å². The Bertz CT molecular complexity index is 1110. The van der Waals surface area contributed by atoms with Crippen molar-refractivity contribution in [3.8, 4) is 0 Å². The molecule has 0 aliphatic carbocycles. The van der Waals surface area contributed by atoms with Gasteiger partial charge in [-0.15, -0.1) is 0 Å². The van der Waals surface area contributed by atoms with Gasteiger partial charge >= 0.3 is 25.7 Å². The van der Waals surface area contributed by atoms with E-state index in [4.69, 9.17) is 24.8 Å². The molecule has 3 atom stereocenters. The number of hydrogen-bond donors (Lipinski definition) is 3. The molecule has 0 spiro atoms. The minimum atomic E-state index is -4.72. The molecule has 0 aliphatic rings. The third-order valence-corrected chi connectivity index (χ3v) is 9.50. The van der Waals surface area contributed by atoms with Crippen molar-refractivity contribution in [3.05, 3.63) is 48.6 Å². The van der Waals surface area contributed by atoms with Crippen LogP contribution in [0.4, 0.5) is 0 Å². The zero-order valence-electron chi connectivity index (χ0n) is 33.6. The van der Waals surface area contributed by atoms with Crippen LogP contribution < -0.4 is 5.73 Å². The Morgan fingerprint density at radius 2 is 0.981 bits per heavy atom. The number of carbonyl (C=O) groups excluding carboxylic acids is 2. The SMILES string of the molecule is CCCCC/C=C\C/C=C\CCCCCCCC(=O)OCC(COP(=O)(O)OCC(N)C(=O)O)OC(=O)CCCCCCC/C=C\C/C=C\CCCCC. The Balaban J connectivity index is 4.45. The number of carbonyl (C=O) groups is 3. The summed E-state index contributed by atoms with van der Waals surface area (Å²) in [5.41, 5.74) is 5.32. The first-order valence-electron chi connectivity index (χ1n) is 20.7. The van der Waals surface area contributed by atoms with Crippen LogP contribution in [0, 0.1) is 0 Å². The van der Waals surface area contributed by atoms with Gasteiger partial charge in [0.1, 0.15) is 12.6 Å². The van der Waals surface area contributed by atoms with E-state index in [0.29, 0.717) is 12.8 Å². The number of phosphoric acid groups is 1. The van der Waals surface area contributed by atoms with Crippen LogP contribution in [0.1, 0.15) is 168 Å². The number of unbranched alkanes of at least 4 members (excludes halogenated alkanes) is 16. The zero-order chi connectivity index (χ0) is 40.0. The number of carboxylic acids is 1. The van der Waals surface area contributed by atoms with E-state index < -0.39 is 51.1 Å². The molecule has 0 saturated carbocycles. The molecule has 0 bridgehead atoms. The van der Waals surface area contributed by atoms with Crippen molar-refractivity contribution in [2.75, 3.05) is 19.8 Å². The van der Waals surface area contributed by atoms with Crippen molar-refractivity contribution < 1.29 is 47.5 Å². The fraction of sp³-hybridized carbons (Fsp3) is 0.738. The van der Waals surface area contributed by atoms with Gasteiger partial charge in [-0.2, -0.15) is 0 Å². The maximum absolute atomic E-state index is 12.6. The van der Waals surface area contributed by atoms with Crippen LogP contribution in [0.15, 0.2) is 48.6 Å². The second kappa shape index (κ2) is 37.4. The fourth-order valence-electron chi connectivity index (χ4n) is 5.24. The summed E-state index contributed by atoms with van der Waals surface area (Å²) in [6, 6.07) is -1.53. The second-order valence-electron chi connectivity index (χ2n) is 13.8. The molecule has 0 aromatic heterocycles. The quantitative estimate of drug-likeness (QED) is 0.0235. The predicted molar refractivity (Wildman–Crippen MR) is 217 cm³/mol. The molecule has 0 rings (SSSR count). The van der Waals surface area contributed by atoms with Crippen molar-refractivity contribution in [1.29, 1.82) is 0 Å². The monoisotopic (exact) mass is 784 g/mol. The molecule has 0 saturated heterocycles. The average Bonchev–Trinajstić information content (AvgIpc) is 3.14. The summed E-state index contributed by atoms with van der Waals surface area (Å²) >= 11 is 0. The standard InChI is InChI=1S/C42H74NO10P/c1-3-5-7-9-11-13-15-17-19-21-23-25-27-29-31-33-40(44)50-35-38(36-51-54(48,49)52-37-39(43)42(46)47)53-41(45)34-32-30-28-26-24-22-20-18-16-14-12-10-8-6-4-2/h11-14,17-20,38-39H,3-10,15-16,21-37,43H2,1-2H3,(H,46,47)(H,48,49)/b13-11-,14-12-,19-17-,20-18-. The Morgan fingerprint density at radius 3 is 1.44 bits per heavy atom. The van der Waals surface area contributed by atoms with Crippen molar-refractivity contribution in [1.82, 2.24) is 0 Å². The molecule has 0 aliphatic heterocycles. The highest BCUT2D eigenvalue weighted by Gasteiger charge is 2.28. The minimum Gasteiger partial charge on any atom is -0.480 e. The Morgan fingerprint density at radius 1 is 0.574 bits per heavy atom. The van der Waals surface area contributed by atoms with Crippen molar-refractivity contribution in [2.45, 2.75) is 180 Å². The zero-order valence-corrected chi connectivity index (χ0v) is 34.4. The second-order valence-corrected chi connectivity index (χ2v) is 15.2. The molecular formula is C42H74NO10P. The normalized spacial score (nSPS) is 14.3. The predicted octanol–water partition coefficient (Wildman–Crippen LogP) is 10.6. The number of carboxylic acid groups (broad SMARTS) is 1. The Labute approximate surface area is 326 Å². The van der Waals surface area contributed by atoms with Gasteiger partial charge in [0.05, 0.1) is 13.2 Å². The van der Waals surface area contributed by atoms with Crippen LogP contribution in [0.2, 0.25) is 0 Å². The topological polar surface area (TPSA) is 172 Å². The fourth-order valence-corrected chi connectivity index (χ4v) is 6.02. The Hall–Kier alpha value is -2.56. The first-order chi connectivity index (χ1) is 26.1. The molecule has 0 amide bonds. The first-order valence-corrected chi connectivity index (χ1v) is 22.2. The van der Waals surface area contributed by atoms with Crippen LogP contribution in [0.3, 0.4) is 0 Å². The van der Waals surface area contributed by atoms with Gasteiger partial charge in [-0.25, -0.2) is 4.57 Å². The Kier molecular flexibility index (Phi) is 35.6. The summed E-state index contributed by atoms with van der Waals surface area (Å²) in [6.07, 6.45) is 40.3. The molecule has 0 aromatic rings. The summed E-state index contributed by atoms with van der Waals surface area (Å²) in [6.45, 7) is 2.71. The summed E-state index contributed by atoms with van der Waals surface area (Å²) < 4.78 is 32.6. The van der Waals surface area contributed by atoms with Gasteiger partial charge in [0.25, 0.3) is 0 Å². The van der Waals surface area contributed by atoms with Crippen molar-refractivity contribution in [3.63, 3.8) is 0 Å². The summed E-state index contributed by atoms with van der Waals surface area (Å²) in [5, 5.41) is 8.87. The lowest BCUT2D eigenvalue weighted by molar-refractivity contribution is -0.161. The number of hydrogen-bond acceptors (Lipinski definition) is 9. The molecule has 0 radical (unpaired) electrons. The van der Waals surface area contributed by atoms with E-state index in [1.807, 2.05) is 0 Å². The largest absolute Gasteiger partial charge is 0.480 e. The molecule has 0 aromatic carbocycles. The number of phosphoric ester groups is 1. The molecular weight excluding hydrogens is 709 g/mol. The van der Waals surface area contributed by atoms with Crippen molar-refractivity contribution in [2.24, 2.45) is 5.73 Å². The summed E-state index contributed by atoms with van der Waals surface area (Å²) in [5.74, 6) is -2.42. The molecule has 54 heavy (non-hydrogen) atoms. The molecule has 3 unspecified atom stereocenters. The average molecular weight is 784 g/mol. The smallest absolute Gasteiger partial charge is 0.472 e. The third-order valence-electron chi connectivity index (χ3n) is 8.55. The number of nitrogens with two attached hydrogens (primary N) is 1. The number of aliphatic carboxylic acids is 1. The van der Waals surface area contributed by atoms with Gasteiger partial charge in [-0.05, 0) is 77.0 Å². The number of allylic oxidation sites excluding steroid dienone is 8. The highest BCUT2D eigenvalue weighted by atomic mass is 31.2. The van der Waals surface area contributed by atoms with E-state index in [0.717, 1.165) is 89.9 Å². The van der Waals surface area contributed by atoms with E-state index in [-0.39, 0.29) is 19.4 Å². The molecule has 4 N–H and O–H groups in total. The lowest BCUT2D eigenvalue weighted by Crippen LogP contribution is -2.34. The van der Waals surface area contributed by atoms with E-state index in [1.54, 1.807) is 0 Å². The van der Waals surface area contributed by atoms with Crippen molar-refractivity contribution >= 4 is 25.7 Å². The molecule has 12 heteroatoms. The van der Waals surface area contributed by atoms with Crippen LogP contribution in [0.5, 0.6) is 0 Å². The number of rotatable bonds is 38. The maximum atomic E-state index is 12.6. The van der Waals surface area contributed by atoms with Crippen LogP contribution in [-0.4, -0.2) is 59.9 Å². The van der Waals surface area contributed by atoms with E-state index in [1.165, 1.54) is 38.5 Å². The van der Waals surface area contributed by atoms with Gasteiger partial charge in [-0.3, -0.25) is 23.4 Å². The highest BCUT2D eigenvalue weighted by Crippen LogP contribution is 2.43. The number of esters is 2. The summed E-state index contributed by atoms with van der Waals surface area (Å²) in [4.78, 5) is 45.9. The molecule has 312 valence electrons. The molecule has 11 nitrogen and oxygen atoms in total. The van der Waals surface area contributed by atoms with Gasteiger partial charge in [-0.1, -0.05) is 127 Å². The number of ether oxygens (including phenoxy) is 2. The lowest BCUT2D eigenvalue weighted by atomic mass is 10.1. The van der Waals surface area contributed by atoms with Gasteiger partial charge in [0.2, 0.25) is 0 Å². The first kappa shape index (κ1) is 51.4. The maximum Gasteiger partial charge on any atom is 0.472 e. The van der Waals surface area contributed by atoms with Crippen LogP contribution in [-0.2, 0) is 37.5 Å².